The maximum Gasteiger partial charge on any atom is 0.224 e. The van der Waals surface area contributed by atoms with Crippen molar-refractivity contribution in [2.24, 2.45) is 5.73 Å². The van der Waals surface area contributed by atoms with E-state index in [0.717, 1.165) is 13.0 Å². The number of aliphatic hydroxyl groups excluding tert-OH is 1. The second-order valence-corrected chi connectivity index (χ2v) is 5.05. The van der Waals surface area contributed by atoms with E-state index in [4.69, 9.17) is 10.8 Å². The van der Waals surface area contributed by atoms with Crippen LogP contribution in [0.15, 0.2) is 0 Å². The Morgan fingerprint density at radius 2 is 1.78 bits per heavy atom. The highest BCUT2D eigenvalue weighted by Crippen LogP contribution is 2.06. The molecule has 4 nitrogen and oxygen atoms in total. The fraction of sp³-hybridized carbons (Fsp3) is 0.929. The molecule has 0 radical (unpaired) electrons. The molecule has 0 aromatic rings. The lowest BCUT2D eigenvalue weighted by Gasteiger charge is -2.23. The predicted molar refractivity (Wildman–Crippen MR) is 75.3 cm³/mol. The van der Waals surface area contributed by atoms with Crippen molar-refractivity contribution in [1.29, 1.82) is 0 Å². The van der Waals surface area contributed by atoms with Gasteiger partial charge in [0.25, 0.3) is 0 Å². The summed E-state index contributed by atoms with van der Waals surface area (Å²) in [6.45, 7) is 5.63. The molecule has 0 aliphatic heterocycles. The molecule has 0 saturated heterocycles. The first-order chi connectivity index (χ1) is 8.61. The van der Waals surface area contributed by atoms with E-state index in [2.05, 4.69) is 6.92 Å². The third kappa shape index (κ3) is 9.42. The van der Waals surface area contributed by atoms with Crippen molar-refractivity contribution >= 4 is 5.91 Å². The van der Waals surface area contributed by atoms with Gasteiger partial charge in [0.15, 0.2) is 0 Å². The monoisotopic (exact) mass is 258 g/mol. The molecule has 0 bridgehead atoms. The summed E-state index contributed by atoms with van der Waals surface area (Å²) in [6.07, 6.45) is 7.03. The number of carbonyl (C=O) groups excluding carboxylic acids is 1. The number of amides is 1. The molecule has 0 aromatic heterocycles. The van der Waals surface area contributed by atoms with Crippen LogP contribution in [0.5, 0.6) is 0 Å². The second kappa shape index (κ2) is 11.5. The van der Waals surface area contributed by atoms with Crippen molar-refractivity contribution < 1.29 is 9.90 Å². The first-order valence-electron chi connectivity index (χ1n) is 7.26. The van der Waals surface area contributed by atoms with Gasteiger partial charge in [-0.05, 0) is 19.8 Å². The molecular weight excluding hydrogens is 228 g/mol. The standard InChI is InChI=1S/C14H30N2O2/c1-3-4-5-6-7-9-16(10-8-11-17)14(18)12-13(2)15/h13,17H,3-12,15H2,1-2H3. The van der Waals surface area contributed by atoms with Gasteiger partial charge in [-0.15, -0.1) is 0 Å². The topological polar surface area (TPSA) is 66.6 Å². The SMILES string of the molecule is CCCCCCCN(CCCO)C(=O)CC(C)N. The molecular formula is C14H30N2O2. The second-order valence-electron chi connectivity index (χ2n) is 5.05. The number of hydrogen-bond donors (Lipinski definition) is 2. The summed E-state index contributed by atoms with van der Waals surface area (Å²) in [7, 11) is 0. The Hall–Kier alpha value is -0.610. The fourth-order valence-corrected chi connectivity index (χ4v) is 1.93. The Balaban J connectivity index is 3.93. The van der Waals surface area contributed by atoms with E-state index in [9.17, 15) is 4.79 Å². The van der Waals surface area contributed by atoms with Crippen molar-refractivity contribution in [2.45, 2.75) is 64.8 Å². The van der Waals surface area contributed by atoms with Crippen LogP contribution in [0.4, 0.5) is 0 Å². The number of aliphatic hydroxyl groups is 1. The first-order valence-corrected chi connectivity index (χ1v) is 7.26. The lowest BCUT2D eigenvalue weighted by atomic mass is 10.1. The molecule has 1 unspecified atom stereocenters. The Kier molecular flexibility index (Phi) is 11.1. The van der Waals surface area contributed by atoms with E-state index in [0.29, 0.717) is 19.4 Å². The Morgan fingerprint density at radius 3 is 2.33 bits per heavy atom. The van der Waals surface area contributed by atoms with Crippen LogP contribution in [-0.2, 0) is 4.79 Å². The van der Waals surface area contributed by atoms with Gasteiger partial charge in [0.05, 0.1) is 0 Å². The smallest absolute Gasteiger partial charge is 0.224 e. The molecule has 18 heavy (non-hydrogen) atoms. The fourth-order valence-electron chi connectivity index (χ4n) is 1.93. The Bertz CT molecular complexity index is 208. The average Bonchev–Trinajstić information content (AvgIpc) is 2.31. The van der Waals surface area contributed by atoms with Crippen LogP contribution in [-0.4, -0.2) is 41.7 Å². The van der Waals surface area contributed by atoms with Gasteiger partial charge in [-0.25, -0.2) is 0 Å². The average molecular weight is 258 g/mol. The molecule has 0 aliphatic rings. The number of carbonyl (C=O) groups is 1. The summed E-state index contributed by atoms with van der Waals surface area (Å²) in [5.41, 5.74) is 5.66. The Morgan fingerprint density at radius 1 is 1.17 bits per heavy atom. The maximum atomic E-state index is 11.9. The molecule has 0 spiro atoms. The van der Waals surface area contributed by atoms with Gasteiger partial charge in [0, 0.05) is 32.2 Å². The zero-order valence-corrected chi connectivity index (χ0v) is 12.0. The summed E-state index contributed by atoms with van der Waals surface area (Å²) in [4.78, 5) is 13.8. The Labute approximate surface area is 112 Å². The van der Waals surface area contributed by atoms with Crippen molar-refractivity contribution in [2.75, 3.05) is 19.7 Å². The molecule has 0 saturated carbocycles. The van der Waals surface area contributed by atoms with Gasteiger partial charge in [-0.2, -0.15) is 0 Å². The van der Waals surface area contributed by atoms with Crippen molar-refractivity contribution in [3.8, 4) is 0 Å². The highest BCUT2D eigenvalue weighted by molar-refractivity contribution is 5.76. The molecule has 0 heterocycles. The minimum atomic E-state index is -0.0887. The normalized spacial score (nSPS) is 12.4. The lowest BCUT2D eigenvalue weighted by Crippen LogP contribution is -2.36. The summed E-state index contributed by atoms with van der Waals surface area (Å²) in [6, 6.07) is -0.0887. The maximum absolute atomic E-state index is 11.9. The minimum absolute atomic E-state index is 0.0887. The van der Waals surface area contributed by atoms with E-state index < -0.39 is 0 Å². The molecule has 108 valence electrons. The van der Waals surface area contributed by atoms with E-state index >= 15 is 0 Å². The first kappa shape index (κ1) is 17.4. The zero-order valence-electron chi connectivity index (χ0n) is 12.0. The molecule has 1 atom stereocenters. The van der Waals surface area contributed by atoms with Gasteiger partial charge in [-0.3, -0.25) is 4.79 Å². The molecule has 4 heteroatoms. The third-order valence-electron chi connectivity index (χ3n) is 2.97. The molecule has 0 fully saturated rings. The largest absolute Gasteiger partial charge is 0.396 e. The van der Waals surface area contributed by atoms with Crippen molar-refractivity contribution in [3.05, 3.63) is 0 Å². The van der Waals surface area contributed by atoms with Crippen LogP contribution in [0.1, 0.15) is 58.8 Å². The van der Waals surface area contributed by atoms with E-state index in [1.54, 1.807) is 0 Å². The van der Waals surface area contributed by atoms with Gasteiger partial charge in [0.2, 0.25) is 5.91 Å². The molecule has 1 amide bonds. The number of nitrogens with zero attached hydrogens (tertiary/aromatic N) is 1. The number of rotatable bonds is 11. The van der Waals surface area contributed by atoms with Crippen LogP contribution in [0.3, 0.4) is 0 Å². The van der Waals surface area contributed by atoms with Gasteiger partial charge in [0.1, 0.15) is 0 Å². The number of unbranched alkanes of at least 4 members (excludes halogenated alkanes) is 4. The molecule has 0 aromatic carbocycles. The van der Waals surface area contributed by atoms with Crippen LogP contribution < -0.4 is 5.73 Å². The number of nitrogens with two attached hydrogens (primary N) is 1. The zero-order chi connectivity index (χ0) is 13.8. The quantitative estimate of drug-likeness (QED) is 0.556. The predicted octanol–water partition coefficient (Wildman–Crippen LogP) is 1.91. The van der Waals surface area contributed by atoms with Crippen LogP contribution in [0.2, 0.25) is 0 Å². The number of hydrogen-bond acceptors (Lipinski definition) is 3. The lowest BCUT2D eigenvalue weighted by molar-refractivity contribution is -0.131. The summed E-state index contributed by atoms with van der Waals surface area (Å²) >= 11 is 0. The van der Waals surface area contributed by atoms with Crippen molar-refractivity contribution in [3.63, 3.8) is 0 Å². The van der Waals surface area contributed by atoms with Gasteiger partial charge >= 0.3 is 0 Å². The molecule has 3 N–H and O–H groups in total. The summed E-state index contributed by atoms with van der Waals surface area (Å²) in [5, 5.41) is 8.86. The van der Waals surface area contributed by atoms with Crippen LogP contribution >= 0.6 is 0 Å². The third-order valence-corrected chi connectivity index (χ3v) is 2.97. The highest BCUT2D eigenvalue weighted by Gasteiger charge is 2.14. The van der Waals surface area contributed by atoms with Gasteiger partial charge in [-0.1, -0.05) is 32.6 Å². The van der Waals surface area contributed by atoms with E-state index in [-0.39, 0.29) is 18.6 Å². The highest BCUT2D eigenvalue weighted by atomic mass is 16.3. The summed E-state index contributed by atoms with van der Waals surface area (Å²) in [5.74, 6) is 0.119. The van der Waals surface area contributed by atoms with E-state index in [1.165, 1.54) is 25.7 Å². The molecule has 0 rings (SSSR count). The molecule has 0 aliphatic carbocycles. The van der Waals surface area contributed by atoms with Crippen LogP contribution in [0, 0.1) is 0 Å². The minimum Gasteiger partial charge on any atom is -0.396 e. The summed E-state index contributed by atoms with van der Waals surface area (Å²) < 4.78 is 0. The van der Waals surface area contributed by atoms with Gasteiger partial charge < -0.3 is 15.7 Å². The van der Waals surface area contributed by atoms with Crippen LogP contribution in [0.25, 0.3) is 0 Å². The van der Waals surface area contributed by atoms with E-state index in [1.807, 2.05) is 11.8 Å². The van der Waals surface area contributed by atoms with Crippen molar-refractivity contribution in [1.82, 2.24) is 4.90 Å².